The third kappa shape index (κ3) is 2.11. The maximum Gasteiger partial charge on any atom is 0.254 e. The molecule has 112 valence electrons. The Morgan fingerprint density at radius 2 is 2.14 bits per heavy atom. The molecule has 1 aliphatic heterocycles. The molecule has 1 aliphatic carbocycles. The summed E-state index contributed by atoms with van der Waals surface area (Å²) in [5.74, 6) is 1.39. The molecule has 1 aromatic carbocycles. The number of hydrogen-bond acceptors (Lipinski definition) is 3. The van der Waals surface area contributed by atoms with Crippen LogP contribution in [0, 0.1) is 11.8 Å². The molecule has 2 aliphatic rings. The van der Waals surface area contributed by atoms with Gasteiger partial charge in [0.05, 0.1) is 0 Å². The molecule has 2 heterocycles. The Balaban J connectivity index is 1.70. The van der Waals surface area contributed by atoms with Gasteiger partial charge in [-0.15, -0.1) is 0 Å². The van der Waals surface area contributed by atoms with Gasteiger partial charge in [-0.3, -0.25) is 9.78 Å². The van der Waals surface area contributed by atoms with Crippen LogP contribution in [-0.4, -0.2) is 34.9 Å². The average molecular weight is 293 g/mol. The first-order chi connectivity index (χ1) is 10.8. The molecular formula is C18H19N3O. The summed E-state index contributed by atoms with van der Waals surface area (Å²) in [7, 11) is 0. The van der Waals surface area contributed by atoms with Crippen LogP contribution >= 0.6 is 0 Å². The molecule has 4 heteroatoms. The van der Waals surface area contributed by atoms with Crippen molar-refractivity contribution < 1.29 is 4.79 Å². The van der Waals surface area contributed by atoms with Crippen molar-refractivity contribution in [3.8, 4) is 11.1 Å². The molecule has 1 aromatic heterocycles. The Bertz CT molecular complexity index is 700. The van der Waals surface area contributed by atoms with E-state index in [0.717, 1.165) is 23.2 Å². The number of pyridine rings is 1. The summed E-state index contributed by atoms with van der Waals surface area (Å²) in [6, 6.07) is 11.9. The van der Waals surface area contributed by atoms with Crippen molar-refractivity contribution in [1.82, 2.24) is 9.88 Å². The van der Waals surface area contributed by atoms with E-state index < -0.39 is 0 Å². The summed E-state index contributed by atoms with van der Waals surface area (Å²) in [6.45, 7) is 1.41. The molecule has 0 radical (unpaired) electrons. The molecule has 2 fully saturated rings. The fraction of sp³-hybridized carbons (Fsp3) is 0.333. The van der Waals surface area contributed by atoms with Gasteiger partial charge in [0.15, 0.2) is 0 Å². The second-order valence-corrected chi connectivity index (χ2v) is 6.21. The Morgan fingerprint density at radius 1 is 1.27 bits per heavy atom. The highest BCUT2D eigenvalue weighted by atomic mass is 16.2. The van der Waals surface area contributed by atoms with E-state index in [9.17, 15) is 4.79 Å². The van der Waals surface area contributed by atoms with Crippen LogP contribution < -0.4 is 5.73 Å². The molecule has 0 unspecified atom stereocenters. The normalized spacial score (nSPS) is 25.9. The number of rotatable bonds is 3. The van der Waals surface area contributed by atoms with Gasteiger partial charge in [-0.2, -0.15) is 0 Å². The van der Waals surface area contributed by atoms with Crippen LogP contribution in [0.1, 0.15) is 16.8 Å². The SMILES string of the molecule is NC[C@@H]1[C@@H]2C[C@@H]2CN1C(=O)c1ccccc1-c1cccnc1. The Labute approximate surface area is 130 Å². The zero-order chi connectivity index (χ0) is 15.1. The van der Waals surface area contributed by atoms with E-state index in [1.54, 1.807) is 12.4 Å². The third-order valence-electron chi connectivity index (χ3n) is 4.94. The standard InChI is InChI=1S/C18H19N3O/c19-9-17-16-8-13(16)11-21(17)18(22)15-6-2-1-5-14(15)12-4-3-7-20-10-12/h1-7,10,13,16-17H,8-9,11,19H2/t13-,16-,17-/m1/s1. The highest BCUT2D eigenvalue weighted by Gasteiger charge is 2.53. The molecule has 0 bridgehead atoms. The smallest absolute Gasteiger partial charge is 0.254 e. The van der Waals surface area contributed by atoms with E-state index in [2.05, 4.69) is 4.98 Å². The lowest BCUT2D eigenvalue weighted by atomic mass is 9.99. The zero-order valence-corrected chi connectivity index (χ0v) is 12.4. The minimum atomic E-state index is 0.0992. The van der Waals surface area contributed by atoms with E-state index in [4.69, 9.17) is 5.73 Å². The third-order valence-corrected chi connectivity index (χ3v) is 4.94. The van der Waals surface area contributed by atoms with Gasteiger partial charge in [-0.1, -0.05) is 24.3 Å². The quantitative estimate of drug-likeness (QED) is 0.943. The molecule has 1 saturated carbocycles. The van der Waals surface area contributed by atoms with Gasteiger partial charge in [0.2, 0.25) is 0 Å². The number of likely N-dealkylation sites (tertiary alicyclic amines) is 1. The molecule has 22 heavy (non-hydrogen) atoms. The monoisotopic (exact) mass is 293 g/mol. The summed E-state index contributed by atoms with van der Waals surface area (Å²) in [5.41, 5.74) is 8.56. The number of nitrogens with two attached hydrogens (primary N) is 1. The molecule has 4 rings (SSSR count). The minimum Gasteiger partial charge on any atom is -0.334 e. The second-order valence-electron chi connectivity index (χ2n) is 6.21. The van der Waals surface area contributed by atoms with Gasteiger partial charge in [-0.05, 0) is 36.0 Å². The first kappa shape index (κ1) is 13.5. The molecular weight excluding hydrogens is 274 g/mol. The predicted molar refractivity (Wildman–Crippen MR) is 85.1 cm³/mol. The number of benzene rings is 1. The van der Waals surface area contributed by atoms with Crippen molar-refractivity contribution in [2.75, 3.05) is 13.1 Å². The zero-order valence-electron chi connectivity index (χ0n) is 12.4. The molecule has 1 saturated heterocycles. The highest BCUT2D eigenvalue weighted by Crippen LogP contribution is 2.49. The largest absolute Gasteiger partial charge is 0.334 e. The van der Waals surface area contributed by atoms with Crippen LogP contribution in [-0.2, 0) is 0 Å². The predicted octanol–water partition coefficient (Wildman–Crippen LogP) is 2.17. The van der Waals surface area contributed by atoms with Crippen LogP contribution in [0.15, 0.2) is 48.8 Å². The van der Waals surface area contributed by atoms with E-state index in [0.29, 0.717) is 18.4 Å². The Kier molecular flexibility index (Phi) is 3.19. The van der Waals surface area contributed by atoms with Crippen molar-refractivity contribution in [2.45, 2.75) is 12.5 Å². The summed E-state index contributed by atoms with van der Waals surface area (Å²) >= 11 is 0. The maximum absolute atomic E-state index is 13.0. The molecule has 2 aromatic rings. The first-order valence-electron chi connectivity index (χ1n) is 7.80. The van der Waals surface area contributed by atoms with Gasteiger partial charge in [0.25, 0.3) is 5.91 Å². The Morgan fingerprint density at radius 3 is 2.91 bits per heavy atom. The summed E-state index contributed by atoms with van der Waals surface area (Å²) < 4.78 is 0. The number of nitrogens with zero attached hydrogens (tertiary/aromatic N) is 2. The van der Waals surface area contributed by atoms with E-state index in [1.807, 2.05) is 41.3 Å². The van der Waals surface area contributed by atoms with Crippen molar-refractivity contribution in [1.29, 1.82) is 0 Å². The number of carbonyl (C=O) groups excluding carboxylic acids is 1. The minimum absolute atomic E-state index is 0.0992. The number of hydrogen-bond donors (Lipinski definition) is 1. The van der Waals surface area contributed by atoms with Crippen LogP contribution in [0.2, 0.25) is 0 Å². The second kappa shape index (κ2) is 5.21. The van der Waals surface area contributed by atoms with Gasteiger partial charge >= 0.3 is 0 Å². The van der Waals surface area contributed by atoms with Crippen molar-refractivity contribution in [2.24, 2.45) is 17.6 Å². The van der Waals surface area contributed by atoms with Crippen LogP contribution in [0.25, 0.3) is 11.1 Å². The molecule has 0 spiro atoms. The fourth-order valence-electron chi connectivity index (χ4n) is 3.71. The summed E-state index contributed by atoms with van der Waals surface area (Å²) in [5, 5.41) is 0. The van der Waals surface area contributed by atoms with Gasteiger partial charge < -0.3 is 10.6 Å². The number of carbonyl (C=O) groups is 1. The molecule has 3 atom stereocenters. The maximum atomic E-state index is 13.0. The lowest BCUT2D eigenvalue weighted by Crippen LogP contribution is -2.42. The van der Waals surface area contributed by atoms with Crippen LogP contribution in [0.4, 0.5) is 0 Å². The molecule has 4 nitrogen and oxygen atoms in total. The van der Waals surface area contributed by atoms with Crippen molar-refractivity contribution in [3.63, 3.8) is 0 Å². The number of piperidine rings is 1. The lowest BCUT2D eigenvalue weighted by molar-refractivity contribution is 0.0713. The van der Waals surface area contributed by atoms with E-state index in [-0.39, 0.29) is 11.9 Å². The highest BCUT2D eigenvalue weighted by molar-refractivity contribution is 6.01. The summed E-state index contributed by atoms with van der Waals surface area (Å²) in [6.07, 6.45) is 4.77. The molecule has 2 N–H and O–H groups in total. The summed E-state index contributed by atoms with van der Waals surface area (Å²) in [4.78, 5) is 19.2. The first-order valence-corrected chi connectivity index (χ1v) is 7.80. The van der Waals surface area contributed by atoms with Gasteiger partial charge in [0.1, 0.15) is 0 Å². The lowest BCUT2D eigenvalue weighted by Gasteiger charge is -2.27. The van der Waals surface area contributed by atoms with Crippen LogP contribution in [0.5, 0.6) is 0 Å². The van der Waals surface area contributed by atoms with Crippen molar-refractivity contribution in [3.05, 3.63) is 54.4 Å². The topological polar surface area (TPSA) is 59.2 Å². The number of fused-ring (bicyclic) bond motifs is 1. The molecule has 1 amide bonds. The van der Waals surface area contributed by atoms with E-state index >= 15 is 0 Å². The van der Waals surface area contributed by atoms with Gasteiger partial charge in [0, 0.05) is 42.7 Å². The number of amides is 1. The van der Waals surface area contributed by atoms with E-state index in [1.165, 1.54) is 6.42 Å². The Hall–Kier alpha value is -2.20. The van der Waals surface area contributed by atoms with Crippen LogP contribution in [0.3, 0.4) is 0 Å². The van der Waals surface area contributed by atoms with Crippen molar-refractivity contribution >= 4 is 5.91 Å². The van der Waals surface area contributed by atoms with Gasteiger partial charge in [-0.25, -0.2) is 0 Å². The fourth-order valence-corrected chi connectivity index (χ4v) is 3.71. The average Bonchev–Trinajstić information content (AvgIpc) is 3.26. The number of aromatic nitrogens is 1.